The molecule has 0 bridgehead atoms. The molecule has 2 N–H and O–H groups in total. The number of para-hydroxylation sites is 2. The molecule has 0 unspecified atom stereocenters. The summed E-state index contributed by atoms with van der Waals surface area (Å²) < 4.78 is 1.96. The van der Waals surface area contributed by atoms with Gasteiger partial charge < -0.3 is 15.2 Å². The normalized spacial score (nSPS) is 13.7. The summed E-state index contributed by atoms with van der Waals surface area (Å²) in [6.07, 6.45) is 3.16. The fraction of sp³-hybridized carbons (Fsp3) is 0.375. The molecule has 0 fully saturated rings. The van der Waals surface area contributed by atoms with Crippen LogP contribution in [0.1, 0.15) is 12.2 Å². The van der Waals surface area contributed by atoms with Crippen LogP contribution in [0.15, 0.2) is 35.9 Å². The molecule has 0 atom stereocenters. The van der Waals surface area contributed by atoms with Gasteiger partial charge in [-0.1, -0.05) is 23.8 Å². The zero-order chi connectivity index (χ0) is 14.7. The summed E-state index contributed by atoms with van der Waals surface area (Å²) >= 11 is 0. The van der Waals surface area contributed by atoms with Gasteiger partial charge in [-0.15, -0.1) is 24.8 Å². The standard InChI is InChI=1S/C16H20N4O.2ClH/c1-12-19-14-4-2-3-5-15(14)20(12)11-16(21)18-10-13-6-8-17-9-7-13;;/h2-6,17H,7-11H2,1H3,(H,18,21);2*1H. The first-order chi connectivity index (χ1) is 10.2. The van der Waals surface area contributed by atoms with E-state index in [2.05, 4.69) is 21.7 Å². The smallest absolute Gasteiger partial charge is 0.240 e. The number of aromatic nitrogens is 2. The molecule has 0 saturated carbocycles. The summed E-state index contributed by atoms with van der Waals surface area (Å²) in [5, 5.41) is 6.26. The summed E-state index contributed by atoms with van der Waals surface area (Å²) in [6, 6.07) is 7.90. The van der Waals surface area contributed by atoms with Crippen LogP contribution in [-0.4, -0.2) is 35.1 Å². The van der Waals surface area contributed by atoms with Crippen molar-refractivity contribution in [2.45, 2.75) is 19.9 Å². The van der Waals surface area contributed by atoms with Crippen molar-refractivity contribution in [2.75, 3.05) is 19.6 Å². The van der Waals surface area contributed by atoms with E-state index in [1.807, 2.05) is 35.8 Å². The van der Waals surface area contributed by atoms with E-state index in [1.165, 1.54) is 5.57 Å². The predicted molar refractivity (Wildman–Crippen MR) is 97.5 cm³/mol. The first kappa shape index (κ1) is 19.5. The van der Waals surface area contributed by atoms with E-state index in [1.54, 1.807) is 0 Å². The predicted octanol–water partition coefficient (Wildman–Crippen LogP) is 2.22. The maximum atomic E-state index is 12.1. The van der Waals surface area contributed by atoms with Gasteiger partial charge in [0, 0.05) is 13.1 Å². The average Bonchev–Trinajstić information content (AvgIpc) is 2.82. The maximum Gasteiger partial charge on any atom is 0.240 e. The number of hydrogen-bond donors (Lipinski definition) is 2. The Kier molecular flexibility index (Phi) is 7.55. The SMILES string of the molecule is Cc1nc2ccccc2n1CC(=O)NCC1=CCNCC1.Cl.Cl. The van der Waals surface area contributed by atoms with Crippen molar-refractivity contribution in [1.82, 2.24) is 20.2 Å². The van der Waals surface area contributed by atoms with Gasteiger partial charge in [0.15, 0.2) is 0 Å². The van der Waals surface area contributed by atoms with Gasteiger partial charge in [-0.2, -0.15) is 0 Å². The summed E-state index contributed by atoms with van der Waals surface area (Å²) in [5.74, 6) is 0.896. The van der Waals surface area contributed by atoms with Gasteiger partial charge in [0.05, 0.1) is 11.0 Å². The number of hydrogen-bond acceptors (Lipinski definition) is 3. The third-order valence-corrected chi connectivity index (χ3v) is 3.82. The molecule has 2 aromatic rings. The number of amides is 1. The summed E-state index contributed by atoms with van der Waals surface area (Å²) in [5.41, 5.74) is 3.24. The van der Waals surface area contributed by atoms with Crippen molar-refractivity contribution < 1.29 is 4.79 Å². The van der Waals surface area contributed by atoms with Gasteiger partial charge in [0.1, 0.15) is 12.4 Å². The molecule has 0 saturated heterocycles. The molecule has 1 aliphatic heterocycles. The Morgan fingerprint density at radius 1 is 1.35 bits per heavy atom. The van der Waals surface area contributed by atoms with Gasteiger partial charge >= 0.3 is 0 Å². The molecule has 7 heteroatoms. The molecule has 1 aliphatic rings. The molecule has 0 radical (unpaired) electrons. The lowest BCUT2D eigenvalue weighted by molar-refractivity contribution is -0.121. The van der Waals surface area contributed by atoms with Crippen LogP contribution >= 0.6 is 24.8 Å². The molecule has 0 spiro atoms. The fourth-order valence-electron chi connectivity index (χ4n) is 2.64. The van der Waals surface area contributed by atoms with Crippen molar-refractivity contribution in [3.63, 3.8) is 0 Å². The average molecular weight is 357 g/mol. The lowest BCUT2D eigenvalue weighted by Gasteiger charge is -2.15. The van der Waals surface area contributed by atoms with Gasteiger partial charge in [-0.25, -0.2) is 4.98 Å². The summed E-state index contributed by atoms with van der Waals surface area (Å²) in [4.78, 5) is 16.6. The highest BCUT2D eigenvalue weighted by Gasteiger charge is 2.11. The molecule has 2 heterocycles. The van der Waals surface area contributed by atoms with Crippen molar-refractivity contribution in [3.8, 4) is 0 Å². The number of rotatable bonds is 4. The second kappa shape index (κ2) is 8.91. The molecular formula is C16H22Cl2N4O. The minimum atomic E-state index is 0. The Balaban J connectivity index is 0.00000132. The largest absolute Gasteiger partial charge is 0.351 e. The van der Waals surface area contributed by atoms with E-state index < -0.39 is 0 Å². The first-order valence-electron chi connectivity index (χ1n) is 7.31. The topological polar surface area (TPSA) is 59.0 Å². The monoisotopic (exact) mass is 356 g/mol. The van der Waals surface area contributed by atoms with Crippen LogP contribution in [0.4, 0.5) is 0 Å². The van der Waals surface area contributed by atoms with E-state index >= 15 is 0 Å². The second-order valence-corrected chi connectivity index (χ2v) is 5.33. The lowest BCUT2D eigenvalue weighted by Crippen LogP contribution is -2.32. The van der Waals surface area contributed by atoms with Crippen LogP contribution in [-0.2, 0) is 11.3 Å². The minimum absolute atomic E-state index is 0. The zero-order valence-corrected chi connectivity index (χ0v) is 14.7. The van der Waals surface area contributed by atoms with E-state index in [4.69, 9.17) is 0 Å². The van der Waals surface area contributed by atoms with Crippen LogP contribution in [0.25, 0.3) is 11.0 Å². The Morgan fingerprint density at radius 3 is 2.87 bits per heavy atom. The van der Waals surface area contributed by atoms with Crippen molar-refractivity contribution in [3.05, 3.63) is 41.7 Å². The van der Waals surface area contributed by atoms with Gasteiger partial charge in [-0.3, -0.25) is 4.79 Å². The molecule has 1 amide bonds. The van der Waals surface area contributed by atoms with E-state index in [9.17, 15) is 4.79 Å². The van der Waals surface area contributed by atoms with E-state index in [0.29, 0.717) is 13.1 Å². The molecule has 3 rings (SSSR count). The summed E-state index contributed by atoms with van der Waals surface area (Å²) in [7, 11) is 0. The second-order valence-electron chi connectivity index (χ2n) is 5.33. The number of aryl methyl sites for hydroxylation is 1. The van der Waals surface area contributed by atoms with Crippen molar-refractivity contribution in [1.29, 1.82) is 0 Å². The van der Waals surface area contributed by atoms with Crippen molar-refractivity contribution >= 4 is 41.8 Å². The van der Waals surface area contributed by atoms with Crippen LogP contribution in [0.2, 0.25) is 0 Å². The van der Waals surface area contributed by atoms with Gasteiger partial charge in [0.25, 0.3) is 0 Å². The quantitative estimate of drug-likeness (QED) is 0.825. The van der Waals surface area contributed by atoms with Gasteiger partial charge in [-0.05, 0) is 32.0 Å². The lowest BCUT2D eigenvalue weighted by atomic mass is 10.1. The fourth-order valence-corrected chi connectivity index (χ4v) is 2.64. The number of imidazole rings is 1. The van der Waals surface area contributed by atoms with Crippen LogP contribution in [0.5, 0.6) is 0 Å². The van der Waals surface area contributed by atoms with E-state index in [0.717, 1.165) is 36.4 Å². The number of nitrogens with one attached hydrogen (secondary N) is 2. The Hall–Kier alpha value is -1.56. The number of nitrogens with zero attached hydrogens (tertiary/aromatic N) is 2. The van der Waals surface area contributed by atoms with Crippen LogP contribution in [0.3, 0.4) is 0 Å². The van der Waals surface area contributed by atoms with Crippen molar-refractivity contribution in [2.24, 2.45) is 0 Å². The number of fused-ring (bicyclic) bond motifs is 1. The third-order valence-electron chi connectivity index (χ3n) is 3.82. The first-order valence-corrected chi connectivity index (χ1v) is 7.31. The Bertz CT molecular complexity index is 696. The molecule has 1 aromatic carbocycles. The molecule has 126 valence electrons. The van der Waals surface area contributed by atoms with Gasteiger partial charge in [0.2, 0.25) is 5.91 Å². The number of benzene rings is 1. The molecule has 23 heavy (non-hydrogen) atoms. The molecule has 5 nitrogen and oxygen atoms in total. The maximum absolute atomic E-state index is 12.1. The molecule has 1 aromatic heterocycles. The Morgan fingerprint density at radius 2 is 2.13 bits per heavy atom. The minimum Gasteiger partial charge on any atom is -0.351 e. The Labute approximate surface area is 148 Å². The third kappa shape index (κ3) is 4.70. The number of carbonyl (C=O) groups excluding carboxylic acids is 1. The highest BCUT2D eigenvalue weighted by Crippen LogP contribution is 2.15. The number of halogens is 2. The zero-order valence-electron chi connectivity index (χ0n) is 13.0. The highest BCUT2D eigenvalue weighted by molar-refractivity contribution is 5.85. The number of carbonyl (C=O) groups is 1. The summed E-state index contributed by atoms with van der Waals surface area (Å²) in [6.45, 7) is 4.79. The van der Waals surface area contributed by atoms with E-state index in [-0.39, 0.29) is 30.7 Å². The highest BCUT2D eigenvalue weighted by atomic mass is 35.5. The van der Waals surface area contributed by atoms with Crippen LogP contribution < -0.4 is 10.6 Å². The van der Waals surface area contributed by atoms with Crippen LogP contribution in [0, 0.1) is 6.92 Å². The molecule has 0 aliphatic carbocycles. The molecular weight excluding hydrogens is 335 g/mol.